The molecule has 2 aromatic carbocycles. The Kier molecular flexibility index (Phi) is 8.77. The van der Waals surface area contributed by atoms with Crippen LogP contribution < -0.4 is 9.47 Å². The lowest BCUT2D eigenvalue weighted by Gasteiger charge is -2.08. The summed E-state index contributed by atoms with van der Waals surface area (Å²) in [5.41, 5.74) is 1.18. The summed E-state index contributed by atoms with van der Waals surface area (Å²) >= 11 is 0. The number of carboxylic acids is 1. The molecule has 0 aliphatic carbocycles. The molecule has 2 aromatic rings. The summed E-state index contributed by atoms with van der Waals surface area (Å²) < 4.78 is 77.7. The Bertz CT molecular complexity index is 754. The highest BCUT2D eigenvalue weighted by Crippen LogP contribution is 2.23. The van der Waals surface area contributed by atoms with Gasteiger partial charge in [0.15, 0.2) is 0 Å². The molecule has 0 aromatic heterocycles. The van der Waals surface area contributed by atoms with Crippen LogP contribution in [0.1, 0.15) is 11.1 Å². The lowest BCUT2D eigenvalue weighted by Crippen LogP contribution is -2.17. The summed E-state index contributed by atoms with van der Waals surface area (Å²) in [5, 5.41) is 17.0. The van der Waals surface area contributed by atoms with Gasteiger partial charge < -0.3 is 19.7 Å². The van der Waals surface area contributed by atoms with E-state index in [1.165, 1.54) is 36.4 Å². The van der Waals surface area contributed by atoms with Crippen LogP contribution in [0, 0.1) is 0 Å². The van der Waals surface area contributed by atoms with Crippen molar-refractivity contribution in [3.8, 4) is 11.5 Å². The van der Waals surface area contributed by atoms with E-state index in [0.717, 1.165) is 17.7 Å². The standard InChI is InChI=1S/C9H7F3O3.C9H9F3O2/c10-9(11,12)15-7-3-1-6(2-4-7)5-8(13)14;10-9(11,12)14-8-3-1-7(2-4-8)5-6-13/h1-4H,5H2,(H,13,14);1-4,13H,5-6H2. The Balaban J connectivity index is 0.000000291. The summed E-state index contributed by atoms with van der Waals surface area (Å²) in [5.74, 6) is -1.66. The van der Waals surface area contributed by atoms with E-state index in [-0.39, 0.29) is 24.5 Å². The normalized spacial score (nSPS) is 11.3. The van der Waals surface area contributed by atoms with Crippen molar-refractivity contribution in [2.45, 2.75) is 25.6 Å². The van der Waals surface area contributed by atoms with Crippen molar-refractivity contribution in [1.29, 1.82) is 0 Å². The van der Waals surface area contributed by atoms with Gasteiger partial charge in [0.05, 0.1) is 6.42 Å². The van der Waals surface area contributed by atoms with Crippen LogP contribution >= 0.6 is 0 Å². The van der Waals surface area contributed by atoms with Crippen molar-refractivity contribution in [3.05, 3.63) is 59.7 Å². The highest BCUT2D eigenvalue weighted by molar-refractivity contribution is 5.70. The number of alkyl halides is 6. The van der Waals surface area contributed by atoms with Crippen molar-refractivity contribution in [1.82, 2.24) is 0 Å². The number of benzene rings is 2. The predicted molar refractivity (Wildman–Crippen MR) is 88.4 cm³/mol. The van der Waals surface area contributed by atoms with Crippen LogP contribution in [0.25, 0.3) is 0 Å². The van der Waals surface area contributed by atoms with Crippen LogP contribution in [0.15, 0.2) is 48.5 Å². The average molecular weight is 426 g/mol. The van der Waals surface area contributed by atoms with Gasteiger partial charge in [-0.1, -0.05) is 24.3 Å². The molecule has 0 spiro atoms. The molecule has 5 nitrogen and oxygen atoms in total. The van der Waals surface area contributed by atoms with Gasteiger partial charge in [-0.15, -0.1) is 26.3 Å². The Labute approximate surface area is 161 Å². The first-order chi connectivity index (χ1) is 13.4. The second kappa shape index (κ2) is 10.6. The first-order valence-electron chi connectivity index (χ1n) is 7.90. The zero-order valence-corrected chi connectivity index (χ0v) is 14.6. The van der Waals surface area contributed by atoms with E-state index in [1.54, 1.807) is 0 Å². The number of rotatable bonds is 6. The molecule has 0 radical (unpaired) electrons. The molecule has 0 aliphatic rings. The maximum atomic E-state index is 11.7. The Morgan fingerprint density at radius 3 is 1.45 bits per heavy atom. The molecule has 0 saturated carbocycles. The lowest BCUT2D eigenvalue weighted by molar-refractivity contribution is -0.275. The van der Waals surface area contributed by atoms with Gasteiger partial charge in [0, 0.05) is 6.61 Å². The number of hydrogen-bond donors (Lipinski definition) is 2. The predicted octanol–water partition coefficient (Wildman–Crippen LogP) is 4.33. The van der Waals surface area contributed by atoms with Gasteiger partial charge >= 0.3 is 18.7 Å². The maximum absolute atomic E-state index is 11.7. The lowest BCUT2D eigenvalue weighted by atomic mass is 10.1. The third-order valence-electron chi connectivity index (χ3n) is 3.07. The smallest absolute Gasteiger partial charge is 0.481 e. The number of halogens is 6. The van der Waals surface area contributed by atoms with E-state index in [1.807, 2.05) is 0 Å². The highest BCUT2D eigenvalue weighted by Gasteiger charge is 2.31. The van der Waals surface area contributed by atoms with E-state index in [0.29, 0.717) is 12.0 Å². The van der Waals surface area contributed by atoms with Crippen molar-refractivity contribution >= 4 is 5.97 Å². The third-order valence-corrected chi connectivity index (χ3v) is 3.07. The molecule has 0 saturated heterocycles. The van der Waals surface area contributed by atoms with Gasteiger partial charge in [-0.3, -0.25) is 4.79 Å². The summed E-state index contributed by atoms with van der Waals surface area (Å²) in [4.78, 5) is 10.3. The molecule has 11 heteroatoms. The minimum Gasteiger partial charge on any atom is -0.481 e. The molecule has 0 unspecified atom stereocenters. The summed E-state index contributed by atoms with van der Waals surface area (Å²) in [7, 11) is 0. The number of ether oxygens (including phenoxy) is 2. The highest BCUT2D eigenvalue weighted by atomic mass is 19.4. The monoisotopic (exact) mass is 426 g/mol. The fourth-order valence-corrected chi connectivity index (χ4v) is 1.97. The molecule has 0 heterocycles. The number of aliphatic hydroxyl groups excluding tert-OH is 1. The van der Waals surface area contributed by atoms with Gasteiger partial charge in [-0.05, 0) is 41.8 Å². The second-order valence-corrected chi connectivity index (χ2v) is 5.43. The Morgan fingerprint density at radius 2 is 1.14 bits per heavy atom. The number of carboxylic acid groups (broad SMARTS) is 1. The van der Waals surface area contributed by atoms with Crippen LogP contribution in [0.4, 0.5) is 26.3 Å². The van der Waals surface area contributed by atoms with E-state index in [4.69, 9.17) is 10.2 Å². The van der Waals surface area contributed by atoms with Crippen molar-refractivity contribution in [2.24, 2.45) is 0 Å². The van der Waals surface area contributed by atoms with Gasteiger partial charge in [-0.25, -0.2) is 0 Å². The number of aliphatic hydroxyl groups is 1. The van der Waals surface area contributed by atoms with Crippen LogP contribution in [0.2, 0.25) is 0 Å². The Hall–Kier alpha value is -2.95. The molecular formula is C18H16F6O5. The Morgan fingerprint density at radius 1 is 0.759 bits per heavy atom. The van der Waals surface area contributed by atoms with Crippen LogP contribution in [0.5, 0.6) is 11.5 Å². The van der Waals surface area contributed by atoms with Gasteiger partial charge in [-0.2, -0.15) is 0 Å². The van der Waals surface area contributed by atoms with Gasteiger partial charge in [0.2, 0.25) is 0 Å². The molecule has 2 N–H and O–H groups in total. The molecule has 160 valence electrons. The van der Waals surface area contributed by atoms with Crippen LogP contribution in [-0.4, -0.2) is 35.5 Å². The quantitative estimate of drug-likeness (QED) is 0.673. The van der Waals surface area contributed by atoms with Crippen LogP contribution in [0.3, 0.4) is 0 Å². The van der Waals surface area contributed by atoms with Crippen LogP contribution in [-0.2, 0) is 17.6 Å². The molecule has 0 aliphatic heterocycles. The molecule has 0 amide bonds. The zero-order valence-electron chi connectivity index (χ0n) is 14.6. The number of carbonyl (C=O) groups is 1. The molecule has 2 rings (SSSR count). The maximum Gasteiger partial charge on any atom is 0.573 e. The van der Waals surface area contributed by atoms with E-state index >= 15 is 0 Å². The third kappa shape index (κ3) is 11.5. The SMILES string of the molecule is O=C(O)Cc1ccc(OC(F)(F)F)cc1.OCCc1ccc(OC(F)(F)F)cc1. The first-order valence-corrected chi connectivity index (χ1v) is 7.90. The van der Waals surface area contributed by atoms with Gasteiger partial charge in [0.1, 0.15) is 11.5 Å². The topological polar surface area (TPSA) is 76.0 Å². The fourth-order valence-electron chi connectivity index (χ4n) is 1.97. The zero-order chi connectivity index (χ0) is 22.1. The van der Waals surface area contributed by atoms with E-state index in [2.05, 4.69) is 9.47 Å². The molecule has 0 atom stereocenters. The van der Waals surface area contributed by atoms with Crippen molar-refractivity contribution in [2.75, 3.05) is 6.61 Å². The van der Waals surface area contributed by atoms with E-state index in [9.17, 15) is 31.1 Å². The van der Waals surface area contributed by atoms with Crippen molar-refractivity contribution in [3.63, 3.8) is 0 Å². The minimum atomic E-state index is -4.73. The largest absolute Gasteiger partial charge is 0.573 e. The average Bonchev–Trinajstić information content (AvgIpc) is 2.56. The fraction of sp³-hybridized carbons (Fsp3) is 0.278. The molecule has 0 fully saturated rings. The van der Waals surface area contributed by atoms with Crippen molar-refractivity contribution < 1.29 is 50.8 Å². The molecule has 0 bridgehead atoms. The second-order valence-electron chi connectivity index (χ2n) is 5.43. The minimum absolute atomic E-state index is 0.0283. The molecular weight excluding hydrogens is 410 g/mol. The summed E-state index contributed by atoms with van der Waals surface area (Å²) in [6.07, 6.45) is -9.19. The molecule has 29 heavy (non-hydrogen) atoms. The summed E-state index contributed by atoms with van der Waals surface area (Å²) in [6, 6.07) is 10.1. The number of aliphatic carboxylic acids is 1. The van der Waals surface area contributed by atoms with E-state index < -0.39 is 18.7 Å². The first kappa shape index (κ1) is 24.1. The van der Waals surface area contributed by atoms with Gasteiger partial charge in [0.25, 0.3) is 0 Å². The number of hydrogen-bond acceptors (Lipinski definition) is 4. The summed E-state index contributed by atoms with van der Waals surface area (Å²) in [6.45, 7) is -0.0283.